The van der Waals surface area contributed by atoms with Crippen LogP contribution in [0, 0.1) is 0 Å². The molecule has 20 heavy (non-hydrogen) atoms. The summed E-state index contributed by atoms with van der Waals surface area (Å²) in [5, 5.41) is 4.56. The van der Waals surface area contributed by atoms with Gasteiger partial charge in [-0.2, -0.15) is 5.10 Å². The molecule has 2 heterocycles. The van der Waals surface area contributed by atoms with E-state index in [1.54, 1.807) is 6.20 Å². The molecule has 2 aromatic rings. The zero-order valence-corrected chi connectivity index (χ0v) is 12.2. The summed E-state index contributed by atoms with van der Waals surface area (Å²) in [6.45, 7) is 4.25. The summed E-state index contributed by atoms with van der Waals surface area (Å²) < 4.78 is 1.98. The van der Waals surface area contributed by atoms with Gasteiger partial charge in [0.25, 0.3) is 0 Å². The standard InChI is InChI=1S/C15H23N5/c1-12(2)20-9-7-15(19-20)10-14(18-16)6-5-13-4-3-8-17-11-13/h3-4,7-9,11-12,14,18H,5-6,10,16H2,1-2H3. The van der Waals surface area contributed by atoms with Gasteiger partial charge < -0.3 is 0 Å². The summed E-state index contributed by atoms with van der Waals surface area (Å²) in [6.07, 6.45) is 8.50. The van der Waals surface area contributed by atoms with Crippen LogP contribution in [0.25, 0.3) is 0 Å². The molecule has 2 aromatic heterocycles. The first-order valence-electron chi connectivity index (χ1n) is 7.08. The van der Waals surface area contributed by atoms with E-state index in [0.717, 1.165) is 25.0 Å². The monoisotopic (exact) mass is 273 g/mol. The lowest BCUT2D eigenvalue weighted by atomic mass is 10.0. The number of hydrogen-bond donors (Lipinski definition) is 2. The van der Waals surface area contributed by atoms with Crippen molar-refractivity contribution in [2.75, 3.05) is 0 Å². The Morgan fingerprint density at radius 1 is 1.35 bits per heavy atom. The highest BCUT2D eigenvalue weighted by Crippen LogP contribution is 2.10. The van der Waals surface area contributed by atoms with Gasteiger partial charge in [-0.25, -0.2) is 0 Å². The molecule has 1 unspecified atom stereocenters. The average molecular weight is 273 g/mol. The highest BCUT2D eigenvalue weighted by atomic mass is 15.3. The van der Waals surface area contributed by atoms with Crippen LogP contribution in [0.2, 0.25) is 0 Å². The Morgan fingerprint density at radius 2 is 2.20 bits per heavy atom. The van der Waals surface area contributed by atoms with Gasteiger partial charge >= 0.3 is 0 Å². The molecule has 0 aliphatic heterocycles. The second-order valence-electron chi connectivity index (χ2n) is 5.35. The van der Waals surface area contributed by atoms with E-state index in [0.29, 0.717) is 6.04 Å². The largest absolute Gasteiger partial charge is 0.271 e. The molecule has 5 heteroatoms. The molecule has 1 atom stereocenters. The van der Waals surface area contributed by atoms with E-state index >= 15 is 0 Å². The van der Waals surface area contributed by atoms with Crippen molar-refractivity contribution in [1.82, 2.24) is 20.2 Å². The number of aromatic nitrogens is 3. The Bertz CT molecular complexity index is 506. The predicted octanol–water partition coefficient (Wildman–Crippen LogP) is 1.87. The molecule has 0 aromatic carbocycles. The molecule has 0 aliphatic rings. The number of nitrogens with one attached hydrogen (secondary N) is 1. The van der Waals surface area contributed by atoms with Crippen LogP contribution in [0.15, 0.2) is 36.8 Å². The summed E-state index contributed by atoms with van der Waals surface area (Å²) in [5.74, 6) is 5.65. The minimum atomic E-state index is 0.228. The number of hydrazine groups is 1. The van der Waals surface area contributed by atoms with Gasteiger partial charge in [0.2, 0.25) is 0 Å². The third-order valence-corrected chi connectivity index (χ3v) is 3.39. The van der Waals surface area contributed by atoms with Crippen LogP contribution in [-0.4, -0.2) is 20.8 Å². The topological polar surface area (TPSA) is 68.8 Å². The quantitative estimate of drug-likeness (QED) is 0.597. The number of nitrogens with zero attached hydrogens (tertiary/aromatic N) is 3. The molecular formula is C15H23N5. The lowest BCUT2D eigenvalue weighted by Gasteiger charge is -2.14. The van der Waals surface area contributed by atoms with Crippen LogP contribution in [-0.2, 0) is 12.8 Å². The first-order chi connectivity index (χ1) is 9.69. The zero-order chi connectivity index (χ0) is 14.4. The minimum Gasteiger partial charge on any atom is -0.271 e. The maximum absolute atomic E-state index is 5.65. The fourth-order valence-electron chi connectivity index (χ4n) is 2.16. The van der Waals surface area contributed by atoms with Crippen molar-refractivity contribution in [3.05, 3.63) is 48.0 Å². The summed E-state index contributed by atoms with van der Waals surface area (Å²) in [5.41, 5.74) is 5.20. The molecule has 0 saturated carbocycles. The minimum absolute atomic E-state index is 0.228. The second kappa shape index (κ2) is 7.17. The van der Waals surface area contributed by atoms with E-state index < -0.39 is 0 Å². The van der Waals surface area contributed by atoms with Crippen molar-refractivity contribution in [2.24, 2.45) is 5.84 Å². The van der Waals surface area contributed by atoms with Crippen LogP contribution in [0.4, 0.5) is 0 Å². The van der Waals surface area contributed by atoms with Crippen molar-refractivity contribution in [2.45, 2.75) is 45.2 Å². The average Bonchev–Trinajstić information content (AvgIpc) is 2.93. The van der Waals surface area contributed by atoms with Crippen LogP contribution in [0.3, 0.4) is 0 Å². The number of aryl methyl sites for hydroxylation is 1. The summed E-state index contributed by atoms with van der Waals surface area (Å²) >= 11 is 0. The lowest BCUT2D eigenvalue weighted by molar-refractivity contribution is 0.475. The van der Waals surface area contributed by atoms with E-state index in [-0.39, 0.29) is 6.04 Å². The molecule has 0 bridgehead atoms. The van der Waals surface area contributed by atoms with Crippen LogP contribution in [0.5, 0.6) is 0 Å². The Labute approximate surface area is 120 Å². The third kappa shape index (κ3) is 4.15. The van der Waals surface area contributed by atoms with Crippen molar-refractivity contribution in [3.63, 3.8) is 0 Å². The zero-order valence-electron chi connectivity index (χ0n) is 12.2. The number of rotatable bonds is 7. The lowest BCUT2D eigenvalue weighted by Crippen LogP contribution is -2.37. The van der Waals surface area contributed by atoms with Crippen molar-refractivity contribution in [1.29, 1.82) is 0 Å². The summed E-state index contributed by atoms with van der Waals surface area (Å²) in [6, 6.07) is 6.74. The van der Waals surface area contributed by atoms with E-state index in [1.165, 1.54) is 5.56 Å². The van der Waals surface area contributed by atoms with Crippen molar-refractivity contribution >= 4 is 0 Å². The highest BCUT2D eigenvalue weighted by Gasteiger charge is 2.11. The molecule has 0 fully saturated rings. The fourth-order valence-corrected chi connectivity index (χ4v) is 2.16. The van der Waals surface area contributed by atoms with E-state index in [1.807, 2.05) is 23.1 Å². The van der Waals surface area contributed by atoms with Crippen LogP contribution in [0.1, 0.15) is 37.6 Å². The first-order valence-corrected chi connectivity index (χ1v) is 7.08. The number of nitrogens with two attached hydrogens (primary N) is 1. The molecule has 108 valence electrons. The van der Waals surface area contributed by atoms with Gasteiger partial charge in [0.1, 0.15) is 0 Å². The van der Waals surface area contributed by atoms with Gasteiger partial charge in [-0.3, -0.25) is 20.9 Å². The van der Waals surface area contributed by atoms with Gasteiger partial charge in [0, 0.05) is 37.1 Å². The molecule has 0 spiro atoms. The maximum Gasteiger partial charge on any atom is 0.0640 e. The van der Waals surface area contributed by atoms with Crippen molar-refractivity contribution in [3.8, 4) is 0 Å². The van der Waals surface area contributed by atoms with E-state index in [4.69, 9.17) is 5.84 Å². The Morgan fingerprint density at radius 3 is 2.80 bits per heavy atom. The highest BCUT2D eigenvalue weighted by molar-refractivity contribution is 5.09. The van der Waals surface area contributed by atoms with Gasteiger partial charge in [-0.15, -0.1) is 0 Å². The Kier molecular flexibility index (Phi) is 5.26. The van der Waals surface area contributed by atoms with E-state index in [9.17, 15) is 0 Å². The summed E-state index contributed by atoms with van der Waals surface area (Å²) in [7, 11) is 0. The first kappa shape index (κ1) is 14.7. The smallest absolute Gasteiger partial charge is 0.0640 e. The molecule has 5 nitrogen and oxygen atoms in total. The molecule has 0 aliphatic carbocycles. The maximum atomic E-state index is 5.65. The molecule has 0 saturated heterocycles. The van der Waals surface area contributed by atoms with Crippen LogP contribution < -0.4 is 11.3 Å². The third-order valence-electron chi connectivity index (χ3n) is 3.39. The molecular weight excluding hydrogens is 250 g/mol. The molecule has 3 N–H and O–H groups in total. The van der Waals surface area contributed by atoms with Gasteiger partial charge in [0.15, 0.2) is 0 Å². The fraction of sp³-hybridized carbons (Fsp3) is 0.467. The Balaban J connectivity index is 1.88. The Hall–Kier alpha value is -1.72. The molecule has 0 amide bonds. The molecule has 2 rings (SSSR count). The number of pyridine rings is 1. The summed E-state index contributed by atoms with van der Waals surface area (Å²) in [4.78, 5) is 4.13. The van der Waals surface area contributed by atoms with Gasteiger partial charge in [-0.05, 0) is 44.4 Å². The van der Waals surface area contributed by atoms with Gasteiger partial charge in [0.05, 0.1) is 5.69 Å². The molecule has 0 radical (unpaired) electrons. The van der Waals surface area contributed by atoms with Crippen molar-refractivity contribution < 1.29 is 0 Å². The van der Waals surface area contributed by atoms with Crippen LogP contribution >= 0.6 is 0 Å². The van der Waals surface area contributed by atoms with E-state index in [2.05, 4.69) is 41.5 Å². The predicted molar refractivity (Wildman–Crippen MR) is 80.0 cm³/mol. The SMILES string of the molecule is CC(C)n1ccc(CC(CCc2cccnc2)NN)n1. The van der Waals surface area contributed by atoms with Gasteiger partial charge in [-0.1, -0.05) is 6.07 Å². The number of hydrogen-bond acceptors (Lipinski definition) is 4. The normalized spacial score (nSPS) is 12.8. The second-order valence-corrected chi connectivity index (χ2v) is 5.35.